The van der Waals surface area contributed by atoms with Crippen LogP contribution in [-0.4, -0.2) is 21.9 Å². The lowest BCUT2D eigenvalue weighted by Gasteiger charge is -2.12. The molecule has 0 aliphatic carbocycles. The van der Waals surface area contributed by atoms with Crippen molar-refractivity contribution in [3.8, 4) is 0 Å². The van der Waals surface area contributed by atoms with Gasteiger partial charge in [-0.3, -0.25) is 10.1 Å². The molecule has 0 saturated carbocycles. The first-order chi connectivity index (χ1) is 9.51. The minimum absolute atomic E-state index is 0.0980. The van der Waals surface area contributed by atoms with Crippen molar-refractivity contribution in [2.24, 2.45) is 0 Å². The lowest BCUT2D eigenvalue weighted by atomic mass is 10.3. The number of hydrogen-bond donors (Lipinski definition) is 2. The largest absolute Gasteiger partial charge is 0.444 e. The number of nitro groups is 1. The van der Waals surface area contributed by atoms with Crippen LogP contribution in [0.15, 0.2) is 22.7 Å². The Morgan fingerprint density at radius 3 is 2.75 bits per heavy atom. The van der Waals surface area contributed by atoms with Gasteiger partial charge in [0.1, 0.15) is 17.6 Å². The summed E-state index contributed by atoms with van der Waals surface area (Å²) in [5.41, 5.74) is -0.0980. The summed E-state index contributed by atoms with van der Waals surface area (Å²) in [5, 5.41) is 16.8. The molecule has 1 unspecified atom stereocenters. The molecule has 0 aromatic carbocycles. The summed E-state index contributed by atoms with van der Waals surface area (Å²) < 4.78 is 5.39. The minimum atomic E-state index is -0.484. The summed E-state index contributed by atoms with van der Waals surface area (Å²) >= 11 is 0. The molecule has 2 heterocycles. The molecule has 0 aliphatic rings. The fraction of sp³-hybridized carbons (Fsp3) is 0.333. The second kappa shape index (κ2) is 5.55. The van der Waals surface area contributed by atoms with Crippen LogP contribution in [0.25, 0.3) is 0 Å². The Labute approximate surface area is 115 Å². The van der Waals surface area contributed by atoms with Crippen LogP contribution in [0.2, 0.25) is 0 Å². The number of aromatic nitrogens is 2. The zero-order valence-corrected chi connectivity index (χ0v) is 11.4. The van der Waals surface area contributed by atoms with Gasteiger partial charge in [0, 0.05) is 13.1 Å². The Balaban J connectivity index is 2.29. The second-order valence-corrected chi connectivity index (χ2v) is 4.25. The van der Waals surface area contributed by atoms with E-state index in [4.69, 9.17) is 4.42 Å². The van der Waals surface area contributed by atoms with Gasteiger partial charge in [-0.25, -0.2) is 9.97 Å². The number of anilines is 2. The molecule has 0 fully saturated rings. The molecule has 0 aliphatic heterocycles. The fourth-order valence-corrected chi connectivity index (χ4v) is 1.68. The van der Waals surface area contributed by atoms with Crippen LogP contribution in [0.3, 0.4) is 0 Å². The first kappa shape index (κ1) is 13.8. The lowest BCUT2D eigenvalue weighted by Crippen LogP contribution is -2.11. The van der Waals surface area contributed by atoms with Crippen LogP contribution in [-0.2, 0) is 0 Å². The van der Waals surface area contributed by atoms with E-state index in [1.165, 1.54) is 6.07 Å². The van der Waals surface area contributed by atoms with E-state index in [1.54, 1.807) is 33.2 Å². The van der Waals surface area contributed by atoms with E-state index in [0.717, 1.165) is 0 Å². The number of nitrogens with zero attached hydrogens (tertiary/aromatic N) is 3. The first-order valence-corrected chi connectivity index (χ1v) is 6.03. The third kappa shape index (κ3) is 2.85. The van der Waals surface area contributed by atoms with Crippen molar-refractivity contribution in [3.05, 3.63) is 40.1 Å². The van der Waals surface area contributed by atoms with Gasteiger partial charge in [-0.1, -0.05) is 0 Å². The van der Waals surface area contributed by atoms with Gasteiger partial charge in [-0.05, 0) is 19.9 Å². The molecular weight excluding hydrogens is 262 g/mol. The molecule has 0 spiro atoms. The first-order valence-electron chi connectivity index (χ1n) is 6.03. The van der Waals surface area contributed by atoms with Gasteiger partial charge in [-0.15, -0.1) is 0 Å². The highest BCUT2D eigenvalue weighted by Crippen LogP contribution is 2.27. The van der Waals surface area contributed by atoms with Gasteiger partial charge in [0.15, 0.2) is 0 Å². The Kier molecular flexibility index (Phi) is 3.83. The van der Waals surface area contributed by atoms with E-state index in [2.05, 4.69) is 20.6 Å². The molecule has 0 saturated heterocycles. The van der Waals surface area contributed by atoms with E-state index >= 15 is 0 Å². The van der Waals surface area contributed by atoms with E-state index in [1.807, 2.05) is 0 Å². The standard InChI is InChI=1S/C12H15N5O3/c1-7-6-14-12(20-7)8(2)15-11-9(17(18)19)4-5-10(13-3)16-11/h4-6,8H,1-3H3,(H2,13,15,16). The summed E-state index contributed by atoms with van der Waals surface area (Å²) in [7, 11) is 1.69. The van der Waals surface area contributed by atoms with Crippen LogP contribution in [0.4, 0.5) is 17.3 Å². The molecule has 2 N–H and O–H groups in total. The topological polar surface area (TPSA) is 106 Å². The van der Waals surface area contributed by atoms with Crippen molar-refractivity contribution in [3.63, 3.8) is 0 Å². The molecule has 2 aromatic heterocycles. The normalized spacial score (nSPS) is 11.9. The average molecular weight is 277 g/mol. The van der Waals surface area contributed by atoms with Crippen LogP contribution in [0.1, 0.15) is 24.6 Å². The highest BCUT2D eigenvalue weighted by Gasteiger charge is 2.20. The fourth-order valence-electron chi connectivity index (χ4n) is 1.68. The summed E-state index contributed by atoms with van der Waals surface area (Å²) in [4.78, 5) is 18.8. The van der Waals surface area contributed by atoms with Crippen molar-refractivity contribution >= 4 is 17.3 Å². The van der Waals surface area contributed by atoms with E-state index in [-0.39, 0.29) is 17.5 Å². The SMILES string of the molecule is CNc1ccc([N+](=O)[O-])c(NC(C)c2ncc(C)o2)n1. The molecule has 0 radical (unpaired) electrons. The molecule has 1 atom stereocenters. The number of rotatable bonds is 5. The number of hydrogen-bond acceptors (Lipinski definition) is 7. The quantitative estimate of drug-likeness (QED) is 0.638. The predicted octanol–water partition coefficient (Wildman–Crippen LogP) is 2.50. The number of oxazole rings is 1. The minimum Gasteiger partial charge on any atom is -0.444 e. The van der Waals surface area contributed by atoms with Crippen LogP contribution < -0.4 is 10.6 Å². The molecule has 8 nitrogen and oxygen atoms in total. The molecule has 0 amide bonds. The molecule has 2 aromatic rings. The maximum absolute atomic E-state index is 11.0. The molecule has 8 heteroatoms. The maximum Gasteiger partial charge on any atom is 0.311 e. The van der Waals surface area contributed by atoms with Gasteiger partial charge in [0.2, 0.25) is 11.7 Å². The van der Waals surface area contributed by atoms with Crippen LogP contribution >= 0.6 is 0 Å². The van der Waals surface area contributed by atoms with E-state index in [0.29, 0.717) is 17.5 Å². The van der Waals surface area contributed by atoms with Crippen molar-refractivity contribution in [2.75, 3.05) is 17.7 Å². The second-order valence-electron chi connectivity index (χ2n) is 4.25. The lowest BCUT2D eigenvalue weighted by molar-refractivity contribution is -0.384. The third-order valence-corrected chi connectivity index (χ3v) is 2.69. The van der Waals surface area contributed by atoms with E-state index < -0.39 is 4.92 Å². The monoisotopic (exact) mass is 277 g/mol. The van der Waals surface area contributed by atoms with Gasteiger partial charge in [0.25, 0.3) is 0 Å². The summed E-state index contributed by atoms with van der Waals surface area (Å²) in [6.45, 7) is 3.58. The number of nitrogens with one attached hydrogen (secondary N) is 2. The zero-order chi connectivity index (χ0) is 14.7. The highest BCUT2D eigenvalue weighted by atomic mass is 16.6. The Bertz CT molecular complexity index is 625. The Morgan fingerprint density at radius 2 is 2.20 bits per heavy atom. The van der Waals surface area contributed by atoms with Crippen molar-refractivity contribution in [1.29, 1.82) is 0 Å². The molecule has 2 rings (SSSR count). The smallest absolute Gasteiger partial charge is 0.311 e. The van der Waals surface area contributed by atoms with Crippen molar-refractivity contribution < 1.29 is 9.34 Å². The van der Waals surface area contributed by atoms with E-state index in [9.17, 15) is 10.1 Å². The predicted molar refractivity (Wildman–Crippen MR) is 73.7 cm³/mol. The summed E-state index contributed by atoms with van der Waals surface area (Å²) in [6.07, 6.45) is 1.60. The van der Waals surface area contributed by atoms with Crippen LogP contribution in [0, 0.1) is 17.0 Å². The molecule has 20 heavy (non-hydrogen) atoms. The van der Waals surface area contributed by atoms with Gasteiger partial charge < -0.3 is 15.1 Å². The molecular formula is C12H15N5O3. The summed E-state index contributed by atoms with van der Waals surface area (Å²) in [6, 6.07) is 2.61. The third-order valence-electron chi connectivity index (χ3n) is 2.69. The van der Waals surface area contributed by atoms with Crippen molar-refractivity contribution in [2.45, 2.75) is 19.9 Å². The van der Waals surface area contributed by atoms with Gasteiger partial charge >= 0.3 is 5.69 Å². The maximum atomic E-state index is 11.0. The van der Waals surface area contributed by atoms with Gasteiger partial charge in [0.05, 0.1) is 11.1 Å². The number of aryl methyl sites for hydroxylation is 1. The average Bonchev–Trinajstić information content (AvgIpc) is 2.85. The zero-order valence-electron chi connectivity index (χ0n) is 11.4. The Morgan fingerprint density at radius 1 is 1.45 bits per heavy atom. The number of pyridine rings is 1. The highest BCUT2D eigenvalue weighted by molar-refractivity contribution is 5.60. The van der Waals surface area contributed by atoms with Gasteiger partial charge in [-0.2, -0.15) is 0 Å². The van der Waals surface area contributed by atoms with Crippen LogP contribution in [0.5, 0.6) is 0 Å². The Hall–Kier alpha value is -2.64. The van der Waals surface area contributed by atoms with Crippen molar-refractivity contribution in [1.82, 2.24) is 9.97 Å². The summed E-state index contributed by atoms with van der Waals surface area (Å²) in [5.74, 6) is 1.84. The molecule has 0 bridgehead atoms. The molecule has 106 valence electrons.